The lowest BCUT2D eigenvalue weighted by Crippen LogP contribution is -2.30. The Labute approximate surface area is 333 Å². The van der Waals surface area contributed by atoms with Gasteiger partial charge in [0.15, 0.2) is 5.78 Å². The molecule has 0 bridgehead atoms. The molecule has 6 N–H and O–H groups in total. The summed E-state index contributed by atoms with van der Waals surface area (Å²) in [5.74, 6) is -3.46. The number of aliphatic carboxylic acids is 2. The van der Waals surface area contributed by atoms with E-state index in [2.05, 4.69) is 10.6 Å². The van der Waals surface area contributed by atoms with Gasteiger partial charge in [0, 0.05) is 51.8 Å². The number of carboxylic acid groups (broad SMARTS) is 2. The Morgan fingerprint density at radius 3 is 1.66 bits per heavy atom. The van der Waals surface area contributed by atoms with Crippen molar-refractivity contribution in [2.45, 2.75) is 141 Å². The van der Waals surface area contributed by atoms with Gasteiger partial charge in [0.05, 0.1) is 45.0 Å². The van der Waals surface area contributed by atoms with E-state index in [4.69, 9.17) is 29.8 Å². The lowest BCUT2D eigenvalue weighted by Gasteiger charge is -2.12. The summed E-state index contributed by atoms with van der Waals surface area (Å²) in [6.45, 7) is 3.67. The summed E-state index contributed by atoms with van der Waals surface area (Å²) in [5.41, 5.74) is 5.67. The largest absolute Gasteiger partial charge is 0.481 e. The summed E-state index contributed by atoms with van der Waals surface area (Å²) in [7, 11) is 0. The number of rotatable bonds is 42. The van der Waals surface area contributed by atoms with E-state index in [-0.39, 0.29) is 101 Å². The number of nitrogens with two attached hydrogens (primary N) is 1. The number of carbonyl (C=O) groups is 7. The summed E-state index contributed by atoms with van der Waals surface area (Å²) >= 11 is 0. The molecule has 0 unspecified atom stereocenters. The Morgan fingerprint density at radius 2 is 1.05 bits per heavy atom. The number of hydrogen-bond acceptors (Lipinski definition) is 12. The lowest BCUT2D eigenvalue weighted by molar-refractivity contribution is -0.144. The number of Topliss-reactive ketones (excluding diaryl/α,β-unsaturated/α-hetero) is 3. The highest BCUT2D eigenvalue weighted by atomic mass is 16.5. The summed E-state index contributed by atoms with van der Waals surface area (Å²) in [4.78, 5) is 81.5. The number of amides is 2. The first-order valence-electron chi connectivity index (χ1n) is 20.5. The van der Waals surface area contributed by atoms with E-state index in [1.807, 2.05) is 0 Å². The molecule has 0 rings (SSSR count). The van der Waals surface area contributed by atoms with Crippen molar-refractivity contribution in [3.8, 4) is 0 Å². The average Bonchev–Trinajstić information content (AvgIpc) is 3.15. The molecule has 2 amide bonds. The fraction of sp³-hybridized carbons (Fsp3) is 0.825. The molecular weight excluding hydrogens is 730 g/mol. The normalized spacial score (nSPS) is 12.2. The van der Waals surface area contributed by atoms with Gasteiger partial charge in [0.2, 0.25) is 11.8 Å². The fourth-order valence-corrected chi connectivity index (χ4v) is 5.56. The van der Waals surface area contributed by atoms with Crippen LogP contribution in [-0.2, 0) is 52.5 Å². The molecule has 0 aliphatic heterocycles. The lowest BCUT2D eigenvalue weighted by atomic mass is 9.94. The van der Waals surface area contributed by atoms with Gasteiger partial charge in [-0.25, -0.2) is 0 Å². The maximum absolute atomic E-state index is 12.4. The van der Waals surface area contributed by atoms with Gasteiger partial charge in [0.25, 0.3) is 0 Å². The monoisotopic (exact) mass is 801 g/mol. The number of ether oxygens (including phenoxy) is 4. The van der Waals surface area contributed by atoms with E-state index < -0.39 is 23.9 Å². The van der Waals surface area contributed by atoms with Crippen molar-refractivity contribution in [2.75, 3.05) is 65.9 Å². The molecule has 324 valence electrons. The van der Waals surface area contributed by atoms with E-state index >= 15 is 0 Å². The minimum Gasteiger partial charge on any atom is -0.481 e. The van der Waals surface area contributed by atoms with Gasteiger partial charge in [0.1, 0.15) is 24.8 Å². The minimum absolute atomic E-state index is 0.00455. The number of unbranched alkanes of at least 4 members (excludes halogenated alkanes) is 10. The van der Waals surface area contributed by atoms with E-state index in [0.29, 0.717) is 45.4 Å². The number of hydrogen-bond donors (Lipinski definition) is 5. The Kier molecular flexibility index (Phi) is 35.1. The zero-order valence-corrected chi connectivity index (χ0v) is 33.8. The van der Waals surface area contributed by atoms with Gasteiger partial charge in [-0.3, -0.25) is 33.6 Å². The first kappa shape index (κ1) is 52.7. The van der Waals surface area contributed by atoms with Crippen molar-refractivity contribution < 1.29 is 62.7 Å². The summed E-state index contributed by atoms with van der Waals surface area (Å²) in [6.07, 6.45) is 13.3. The van der Waals surface area contributed by atoms with Crippen LogP contribution in [0.25, 0.3) is 0 Å². The molecule has 0 aromatic heterocycles. The first-order valence-corrected chi connectivity index (χ1v) is 20.5. The van der Waals surface area contributed by atoms with Crippen LogP contribution < -0.4 is 16.4 Å². The highest BCUT2D eigenvalue weighted by Gasteiger charge is 2.22. The molecule has 0 saturated carbocycles. The summed E-state index contributed by atoms with van der Waals surface area (Å²) in [6, 6.07) is -0.447. The molecule has 0 heterocycles. The molecule has 0 aliphatic rings. The van der Waals surface area contributed by atoms with E-state index in [9.17, 15) is 38.7 Å². The molecule has 0 saturated heterocycles. The second-order valence-electron chi connectivity index (χ2n) is 14.1. The predicted octanol–water partition coefficient (Wildman–Crippen LogP) is 3.93. The third-order valence-electron chi connectivity index (χ3n) is 8.98. The van der Waals surface area contributed by atoms with Crippen molar-refractivity contribution in [1.29, 1.82) is 0 Å². The molecule has 0 radical (unpaired) electrons. The van der Waals surface area contributed by atoms with Crippen LogP contribution in [0.4, 0.5) is 0 Å². The molecular formula is C40H71N3O13. The third kappa shape index (κ3) is 36.3. The van der Waals surface area contributed by atoms with E-state index in [1.54, 1.807) is 0 Å². The first-order chi connectivity index (χ1) is 26.9. The molecule has 0 aliphatic carbocycles. The molecule has 2 atom stereocenters. The molecule has 16 heteroatoms. The highest BCUT2D eigenvalue weighted by Crippen LogP contribution is 2.16. The number of carboxylic acids is 2. The van der Waals surface area contributed by atoms with E-state index in [1.165, 1.54) is 6.92 Å². The van der Waals surface area contributed by atoms with Crippen LogP contribution in [0.1, 0.15) is 135 Å². The van der Waals surface area contributed by atoms with Crippen molar-refractivity contribution in [2.24, 2.45) is 11.7 Å². The third-order valence-corrected chi connectivity index (χ3v) is 8.98. The van der Waals surface area contributed by atoms with E-state index in [0.717, 1.165) is 77.0 Å². The van der Waals surface area contributed by atoms with Crippen LogP contribution in [0.15, 0.2) is 0 Å². The van der Waals surface area contributed by atoms with Crippen molar-refractivity contribution in [1.82, 2.24) is 10.6 Å². The standard InChI is InChI=1S/C40H71N3O13/c1-32(44)36(41)17-12-13-21-42-38(48)31-56-28-25-53-23-14-16-35(46)30-55-27-26-54-24-22-43-37(47)20-19-33(40(51)52)29-34(45)15-10-8-6-4-2-3-5-7-9-11-18-39(49)50/h33,36H,2-31,41H2,1H3,(H,42,48)(H,43,47)(H,49,50)(H,51,52)/t33-,36+/m1/s1. The molecule has 56 heavy (non-hydrogen) atoms. The Bertz CT molecular complexity index is 1110. The number of nitrogens with one attached hydrogen (secondary N) is 2. The maximum Gasteiger partial charge on any atom is 0.306 e. The van der Waals surface area contributed by atoms with Gasteiger partial charge in [-0.05, 0) is 51.9 Å². The van der Waals surface area contributed by atoms with Crippen LogP contribution in [0.2, 0.25) is 0 Å². The Morgan fingerprint density at radius 1 is 0.518 bits per heavy atom. The zero-order chi connectivity index (χ0) is 41.7. The molecule has 16 nitrogen and oxygen atoms in total. The summed E-state index contributed by atoms with van der Waals surface area (Å²) in [5, 5.41) is 23.6. The van der Waals surface area contributed by atoms with Gasteiger partial charge < -0.3 is 45.5 Å². The second kappa shape index (κ2) is 37.3. The zero-order valence-electron chi connectivity index (χ0n) is 33.8. The van der Waals surface area contributed by atoms with Crippen molar-refractivity contribution >= 4 is 41.1 Å². The molecule has 0 fully saturated rings. The van der Waals surface area contributed by atoms with Crippen LogP contribution in [0, 0.1) is 5.92 Å². The number of carbonyl (C=O) groups excluding carboxylic acids is 5. The van der Waals surface area contributed by atoms with Crippen LogP contribution in [0.3, 0.4) is 0 Å². The fourth-order valence-electron chi connectivity index (χ4n) is 5.56. The average molecular weight is 802 g/mol. The van der Waals surface area contributed by atoms with Crippen LogP contribution >= 0.6 is 0 Å². The molecule has 0 spiro atoms. The maximum atomic E-state index is 12.4. The smallest absolute Gasteiger partial charge is 0.306 e. The quantitative estimate of drug-likeness (QED) is 0.0550. The van der Waals surface area contributed by atoms with Crippen molar-refractivity contribution in [3.63, 3.8) is 0 Å². The molecule has 0 aromatic rings. The predicted molar refractivity (Wildman–Crippen MR) is 209 cm³/mol. The molecule has 0 aromatic carbocycles. The SMILES string of the molecule is CC(=O)[C@@H](N)CCCCNC(=O)COCCOCCCC(=O)COCCOCCNC(=O)CC[C@H](CC(=O)CCCCCCCCCCCCC(=O)O)C(=O)O. The second-order valence-corrected chi connectivity index (χ2v) is 14.1. The van der Waals surface area contributed by atoms with Gasteiger partial charge in [-0.15, -0.1) is 0 Å². The van der Waals surface area contributed by atoms with Gasteiger partial charge >= 0.3 is 11.9 Å². The van der Waals surface area contributed by atoms with Gasteiger partial charge in [-0.2, -0.15) is 0 Å². The number of ketones is 3. The Hall–Kier alpha value is -3.31. The van der Waals surface area contributed by atoms with Crippen LogP contribution in [0.5, 0.6) is 0 Å². The van der Waals surface area contributed by atoms with Crippen LogP contribution in [-0.4, -0.2) is 123 Å². The van der Waals surface area contributed by atoms with Gasteiger partial charge in [-0.1, -0.05) is 51.4 Å². The van der Waals surface area contributed by atoms with Crippen molar-refractivity contribution in [3.05, 3.63) is 0 Å². The topological polar surface area (TPSA) is 247 Å². The minimum atomic E-state index is -1.08. The summed E-state index contributed by atoms with van der Waals surface area (Å²) < 4.78 is 21.4. The highest BCUT2D eigenvalue weighted by molar-refractivity contribution is 5.84. The Balaban J connectivity index is 3.66.